The number of morpholine rings is 1. The standard InChI is InChI=1S/C29H32FN7O2.C26H28N8O.C24H23N7O2/c1-29(2,35(3)4)24-17-36(11-12-39-24)19-5-8-25(31-14-19)34-22-7-6-20(21-15-33-28(38)27(21)22)23-16-32-26-13-18(30)9-10-37(23)26;1-16-21(34-12-10-32(2)11-13-34)4-5-22(30-16)31-20-15-28-24(19-14-29-26(35)23(19)20)17-6-8-27-25-18(17)7-9-33(25)3;32-16-6-10-30(11-7-16)15-3-4-21(25-12-15)29-19-14-26-23(18-13-27-24(33)22(18)19)17-5-8-28-31-9-1-2-20(17)31/h5-10,13-14,16,24H,11-12,15,17H2,1-4H3,(H,31,34)(H,33,38);4-9,15H,10-14H2,1-3H3,(H,29,35)(H,30,31);1-5,8-9,12,14,16,32H,6-7,10-11,13H2,(H,25,29)(H,27,33)/t24-;;/m0../s1. The second-order valence-corrected chi connectivity index (χ2v) is 28.5. The Hall–Kier alpha value is -12.0. The van der Waals surface area contributed by atoms with E-state index in [1.807, 2.05) is 121 Å². The van der Waals surface area contributed by atoms with Gasteiger partial charge in [-0.1, -0.05) is 6.07 Å². The highest BCUT2D eigenvalue weighted by atomic mass is 19.1. The van der Waals surface area contributed by atoms with Crippen LogP contribution >= 0.6 is 0 Å². The van der Waals surface area contributed by atoms with Crippen molar-refractivity contribution in [3.8, 4) is 33.8 Å². The lowest BCUT2D eigenvalue weighted by Gasteiger charge is -2.45. The average Bonchev–Trinajstić information content (AvgIpc) is 1.64. The number of aromatic nitrogens is 11. The first-order valence-corrected chi connectivity index (χ1v) is 36.0. The van der Waals surface area contributed by atoms with Gasteiger partial charge in [0, 0.05) is 155 Å². The molecule has 28 heteroatoms. The van der Waals surface area contributed by atoms with Crippen LogP contribution in [0.25, 0.3) is 56.0 Å². The van der Waals surface area contributed by atoms with E-state index in [2.05, 4.69) is 122 Å². The number of anilines is 9. The zero-order chi connectivity index (χ0) is 73.8. The van der Waals surface area contributed by atoms with Gasteiger partial charge in [-0.2, -0.15) is 5.10 Å². The van der Waals surface area contributed by atoms with E-state index in [9.17, 15) is 23.9 Å². The van der Waals surface area contributed by atoms with Crippen LogP contribution in [-0.4, -0.2) is 184 Å². The molecule has 1 aromatic carbocycles. The molecule has 0 spiro atoms. The van der Waals surface area contributed by atoms with Gasteiger partial charge in [-0.05, 0) is 139 Å². The molecule has 27 nitrogen and oxygen atoms in total. The molecule has 3 saturated heterocycles. The van der Waals surface area contributed by atoms with E-state index in [0.29, 0.717) is 83.1 Å². The molecule has 0 radical (unpaired) electrons. The van der Waals surface area contributed by atoms with Gasteiger partial charge in [-0.25, -0.2) is 33.8 Å². The summed E-state index contributed by atoms with van der Waals surface area (Å²) in [7, 11) is 8.28. The van der Waals surface area contributed by atoms with E-state index in [4.69, 9.17) is 19.7 Å². The normalized spacial score (nSPS) is 16.6. The minimum absolute atomic E-state index is 0.0746. The number of pyridine rings is 7. The number of likely N-dealkylation sites (N-methyl/N-ethyl adjacent to an activating group) is 2. The monoisotopic (exact) mass is 1440 g/mol. The van der Waals surface area contributed by atoms with Gasteiger partial charge in [-0.3, -0.25) is 28.8 Å². The molecule has 6 aliphatic heterocycles. The van der Waals surface area contributed by atoms with E-state index in [0.717, 1.165) is 155 Å². The van der Waals surface area contributed by atoms with Crippen LogP contribution in [0.5, 0.6) is 0 Å². The number of piperidine rings is 1. The van der Waals surface area contributed by atoms with Gasteiger partial charge >= 0.3 is 0 Å². The van der Waals surface area contributed by atoms with Crippen LogP contribution in [0, 0.1) is 12.7 Å². The van der Waals surface area contributed by atoms with Crippen LogP contribution < -0.4 is 46.6 Å². The van der Waals surface area contributed by atoms with Gasteiger partial charge in [-0.15, -0.1) is 0 Å². The summed E-state index contributed by atoms with van der Waals surface area (Å²) in [5.74, 6) is 1.28. The molecule has 546 valence electrons. The van der Waals surface area contributed by atoms with Crippen LogP contribution in [0.3, 0.4) is 0 Å². The van der Waals surface area contributed by atoms with Gasteiger partial charge in [0.05, 0.1) is 129 Å². The van der Waals surface area contributed by atoms with Gasteiger partial charge in [0.15, 0.2) is 0 Å². The van der Waals surface area contributed by atoms with Gasteiger partial charge in [0.1, 0.15) is 34.6 Å². The van der Waals surface area contributed by atoms with Gasteiger partial charge < -0.3 is 70.8 Å². The van der Waals surface area contributed by atoms with Crippen molar-refractivity contribution in [1.29, 1.82) is 0 Å². The van der Waals surface area contributed by atoms with E-state index >= 15 is 0 Å². The van der Waals surface area contributed by atoms with Crippen LogP contribution in [0.1, 0.15) is 80.1 Å². The number of benzene rings is 1. The van der Waals surface area contributed by atoms with Gasteiger partial charge in [0.25, 0.3) is 17.7 Å². The molecule has 0 unspecified atom stereocenters. The molecule has 6 aliphatic rings. The predicted molar refractivity (Wildman–Crippen MR) is 411 cm³/mol. The number of nitrogens with one attached hydrogen (secondary N) is 6. The fourth-order valence-electron chi connectivity index (χ4n) is 14.9. The van der Waals surface area contributed by atoms with Crippen LogP contribution in [0.15, 0.2) is 153 Å². The van der Waals surface area contributed by atoms with Gasteiger partial charge in [0.2, 0.25) is 0 Å². The number of fused-ring (bicyclic) bond motifs is 6. The fraction of sp³-hybridized carbons (Fsp3) is 0.304. The summed E-state index contributed by atoms with van der Waals surface area (Å²) in [6.45, 7) is 15.7. The first kappa shape index (κ1) is 69.4. The number of carbonyl (C=O) groups is 3. The SMILES string of the molecule is CN(C)C(C)(C)[C@@H]1CN(c2ccc(Nc3ccc(-c4cnc5cc(F)ccn45)c4c3C(=O)NC4)nc2)CCO1.Cc1nc(Nc2cnc(-c3ccnc4c3ccn4C)c3c2C(=O)NC3)ccc1N1CCN(C)CC1.O=C1NCc2c(-c3ccnn4cccc34)ncc(Nc3ccc(N4CCC(O)CC4)cn3)c21. The maximum Gasteiger partial charge on any atom is 0.254 e. The predicted octanol–water partition coefficient (Wildman–Crippen LogP) is 9.88. The molecule has 0 aliphatic carbocycles. The number of aliphatic hydroxyl groups excluding tert-OH is 1. The molecule has 3 amide bonds. The number of nitrogens with zero attached hydrogens (tertiary/aromatic N) is 16. The third-order valence-corrected chi connectivity index (χ3v) is 21.5. The number of aliphatic hydroxyl groups is 1. The van der Waals surface area contributed by atoms with Crippen molar-refractivity contribution in [2.75, 3.05) is 111 Å². The zero-order valence-corrected chi connectivity index (χ0v) is 60.6. The highest BCUT2D eigenvalue weighted by Gasteiger charge is 2.37. The summed E-state index contributed by atoms with van der Waals surface area (Å²) >= 11 is 0. The van der Waals surface area contributed by atoms with Crippen molar-refractivity contribution in [2.45, 2.75) is 71.0 Å². The molecular formula is C79H83FN22O5. The molecule has 12 aromatic rings. The third kappa shape index (κ3) is 13.6. The largest absolute Gasteiger partial charge is 0.393 e. The van der Waals surface area contributed by atoms with E-state index in [1.165, 1.54) is 12.1 Å². The number of hydrogen-bond acceptors (Lipinski definition) is 21. The van der Waals surface area contributed by atoms with E-state index in [-0.39, 0.29) is 41.3 Å². The third-order valence-electron chi connectivity index (χ3n) is 21.5. The number of imidazole rings is 1. The van der Waals surface area contributed by atoms with Crippen LogP contribution in [0.2, 0.25) is 0 Å². The second kappa shape index (κ2) is 28.8. The Bertz CT molecular complexity index is 5390. The Balaban J connectivity index is 0.000000123. The van der Waals surface area contributed by atoms with Crippen molar-refractivity contribution < 1.29 is 28.6 Å². The molecule has 7 N–H and O–H groups in total. The number of aryl methyl sites for hydroxylation is 2. The first-order valence-electron chi connectivity index (χ1n) is 36.0. The summed E-state index contributed by atoms with van der Waals surface area (Å²) in [6.07, 6.45) is 19.3. The summed E-state index contributed by atoms with van der Waals surface area (Å²) in [6, 6.07) is 28.5. The first-order chi connectivity index (χ1) is 51.9. The Kier molecular flexibility index (Phi) is 18.7. The van der Waals surface area contributed by atoms with E-state index < -0.39 is 0 Å². The molecule has 0 bridgehead atoms. The van der Waals surface area contributed by atoms with Crippen molar-refractivity contribution in [3.63, 3.8) is 0 Å². The summed E-state index contributed by atoms with van der Waals surface area (Å²) in [5, 5.41) is 33.9. The molecular weight excluding hydrogens is 1360 g/mol. The maximum atomic E-state index is 13.7. The lowest BCUT2D eigenvalue weighted by molar-refractivity contribution is -0.0484. The Labute approximate surface area is 616 Å². The summed E-state index contributed by atoms with van der Waals surface area (Å²) in [4.78, 5) is 82.2. The minimum Gasteiger partial charge on any atom is -0.393 e. The molecule has 0 saturated carbocycles. The lowest BCUT2D eigenvalue weighted by Crippen LogP contribution is -2.57. The minimum atomic E-state index is -0.342. The zero-order valence-electron chi connectivity index (χ0n) is 60.6. The number of ether oxygens (including phenoxy) is 1. The quantitative estimate of drug-likeness (QED) is 0.0533. The fourth-order valence-corrected chi connectivity index (χ4v) is 14.9. The molecule has 107 heavy (non-hydrogen) atoms. The van der Waals surface area contributed by atoms with E-state index in [1.54, 1.807) is 41.7 Å². The van der Waals surface area contributed by atoms with Crippen LogP contribution in [-0.2, 0) is 31.4 Å². The lowest BCUT2D eigenvalue weighted by atomic mass is 9.94. The summed E-state index contributed by atoms with van der Waals surface area (Å²) in [5.41, 5.74) is 18.0. The number of carbonyl (C=O) groups excluding carboxylic acids is 3. The molecule has 11 aromatic heterocycles. The number of piperazine rings is 1. The number of hydrogen-bond donors (Lipinski definition) is 7. The molecule has 17 heterocycles. The van der Waals surface area contributed by atoms with Crippen molar-refractivity contribution in [1.82, 2.24) is 79.2 Å². The number of halogens is 1. The average molecular weight is 1440 g/mol. The molecule has 18 rings (SSSR count). The highest BCUT2D eigenvalue weighted by molar-refractivity contribution is 6.08. The Morgan fingerprint density at radius 1 is 0.598 bits per heavy atom. The maximum absolute atomic E-state index is 13.7. The Morgan fingerprint density at radius 3 is 1.91 bits per heavy atom. The highest BCUT2D eigenvalue weighted by Crippen LogP contribution is 2.40. The second-order valence-electron chi connectivity index (χ2n) is 28.5. The summed E-state index contributed by atoms with van der Waals surface area (Å²) < 4.78 is 25.4. The number of rotatable bonds is 14. The van der Waals surface area contributed by atoms with Crippen molar-refractivity contribution in [2.24, 2.45) is 7.05 Å². The van der Waals surface area contributed by atoms with Crippen LogP contribution in [0.4, 0.5) is 56.0 Å². The number of amides is 3. The van der Waals surface area contributed by atoms with Crippen molar-refractivity contribution >= 4 is 91.5 Å². The smallest absolute Gasteiger partial charge is 0.254 e. The molecule has 1 atom stereocenters. The molecule has 3 fully saturated rings. The topological polar surface area (TPSA) is 286 Å². The van der Waals surface area contributed by atoms with Crippen molar-refractivity contribution in [3.05, 3.63) is 198 Å². The Morgan fingerprint density at radius 2 is 1.23 bits per heavy atom.